The molecule has 0 saturated carbocycles. The summed E-state index contributed by atoms with van der Waals surface area (Å²) < 4.78 is 10.8. The first-order chi connectivity index (χ1) is 12.5. The predicted molar refractivity (Wildman–Crippen MR) is 103 cm³/mol. The van der Waals surface area contributed by atoms with Crippen LogP contribution in [0.1, 0.15) is 45.4 Å². The quantitative estimate of drug-likeness (QED) is 0.680. The third kappa shape index (κ3) is 4.15. The molecule has 1 aliphatic carbocycles. The van der Waals surface area contributed by atoms with Gasteiger partial charge in [0.1, 0.15) is 0 Å². The van der Waals surface area contributed by atoms with Crippen molar-refractivity contribution in [2.45, 2.75) is 51.5 Å². The maximum Gasteiger partial charge on any atom is 0.228 e. The van der Waals surface area contributed by atoms with Gasteiger partial charge >= 0.3 is 0 Å². The Kier molecular flexibility index (Phi) is 6.41. The van der Waals surface area contributed by atoms with Crippen LogP contribution in [0.4, 0.5) is 0 Å². The summed E-state index contributed by atoms with van der Waals surface area (Å²) in [6.45, 7) is 7.63. The number of carbonyl (C=O) groups excluding carboxylic acids is 1. The summed E-state index contributed by atoms with van der Waals surface area (Å²) in [5.74, 6) is 0.374. The second-order valence-corrected chi connectivity index (χ2v) is 8.84. The summed E-state index contributed by atoms with van der Waals surface area (Å²) in [6, 6.07) is 0.485. The highest BCUT2D eigenvalue weighted by Gasteiger charge is 2.47. The smallest absolute Gasteiger partial charge is 0.228 e. The van der Waals surface area contributed by atoms with Gasteiger partial charge in [-0.15, -0.1) is 0 Å². The van der Waals surface area contributed by atoms with Crippen molar-refractivity contribution in [3.05, 3.63) is 12.2 Å². The average Bonchev–Trinajstić information content (AvgIpc) is 2.98. The molecule has 26 heavy (non-hydrogen) atoms. The van der Waals surface area contributed by atoms with Crippen LogP contribution in [0.5, 0.6) is 0 Å². The Morgan fingerprint density at radius 2 is 1.92 bits per heavy atom. The number of piperidine rings is 1. The Morgan fingerprint density at radius 3 is 2.54 bits per heavy atom. The van der Waals surface area contributed by atoms with E-state index in [0.717, 1.165) is 71.5 Å². The Morgan fingerprint density at radius 1 is 1.15 bits per heavy atom. The van der Waals surface area contributed by atoms with Crippen LogP contribution < -0.4 is 0 Å². The first kappa shape index (κ1) is 19.8. The van der Waals surface area contributed by atoms with Gasteiger partial charge in [-0.1, -0.05) is 19.1 Å². The van der Waals surface area contributed by atoms with E-state index < -0.39 is 0 Å². The zero-order valence-electron chi connectivity index (χ0n) is 16.8. The van der Waals surface area contributed by atoms with Crippen molar-refractivity contribution in [2.75, 3.05) is 53.6 Å². The van der Waals surface area contributed by atoms with E-state index in [1.807, 2.05) is 0 Å². The molecule has 0 bridgehead atoms. The van der Waals surface area contributed by atoms with Gasteiger partial charge in [0.25, 0.3) is 0 Å². The lowest BCUT2D eigenvalue weighted by Gasteiger charge is -2.43. The topological polar surface area (TPSA) is 42.0 Å². The number of nitrogens with zero attached hydrogens (tertiary/aromatic N) is 2. The van der Waals surface area contributed by atoms with Crippen LogP contribution >= 0.6 is 0 Å². The molecule has 1 spiro atoms. The van der Waals surface area contributed by atoms with Crippen molar-refractivity contribution < 1.29 is 14.3 Å². The van der Waals surface area contributed by atoms with Gasteiger partial charge in [-0.2, -0.15) is 0 Å². The minimum Gasteiger partial charge on any atom is -0.383 e. The van der Waals surface area contributed by atoms with E-state index in [1.54, 1.807) is 14.2 Å². The summed E-state index contributed by atoms with van der Waals surface area (Å²) in [5, 5.41) is 0. The van der Waals surface area contributed by atoms with Crippen LogP contribution in [0.15, 0.2) is 12.2 Å². The van der Waals surface area contributed by atoms with Gasteiger partial charge in [-0.05, 0) is 43.9 Å². The average molecular weight is 365 g/mol. The van der Waals surface area contributed by atoms with Crippen LogP contribution in [0.2, 0.25) is 0 Å². The minimum absolute atomic E-state index is 0.183. The number of allylic oxidation sites excluding steroid dienone is 2. The Bertz CT molecular complexity index is 513. The van der Waals surface area contributed by atoms with Crippen LogP contribution in [0.25, 0.3) is 0 Å². The fourth-order valence-electron chi connectivity index (χ4n) is 5.17. The molecule has 1 amide bonds. The molecule has 2 atom stereocenters. The molecular formula is C21H36N2O3. The monoisotopic (exact) mass is 364 g/mol. The SMILES string of the molecule is COCCN1CC2(CCN(C(=O)C3(C)CC=CCC3)CC2)CC1COC. The normalized spacial score (nSPS) is 31.7. The summed E-state index contributed by atoms with van der Waals surface area (Å²) in [7, 11) is 3.56. The highest BCUT2D eigenvalue weighted by atomic mass is 16.5. The molecule has 2 saturated heterocycles. The van der Waals surface area contributed by atoms with Gasteiger partial charge in [-0.3, -0.25) is 9.69 Å². The number of rotatable bonds is 6. The third-order valence-corrected chi connectivity index (χ3v) is 6.89. The number of hydrogen-bond acceptors (Lipinski definition) is 4. The number of amides is 1. The Labute approximate surface area is 158 Å². The van der Waals surface area contributed by atoms with E-state index in [2.05, 4.69) is 28.9 Å². The van der Waals surface area contributed by atoms with Crippen molar-refractivity contribution >= 4 is 5.91 Å². The predicted octanol–water partition coefficient (Wildman–Crippen LogP) is 2.71. The number of carbonyl (C=O) groups is 1. The highest BCUT2D eigenvalue weighted by molar-refractivity contribution is 5.82. The van der Waals surface area contributed by atoms with E-state index in [1.165, 1.54) is 6.42 Å². The van der Waals surface area contributed by atoms with Crippen molar-refractivity contribution in [1.82, 2.24) is 9.80 Å². The molecule has 148 valence electrons. The molecule has 5 heteroatoms. The van der Waals surface area contributed by atoms with E-state index in [4.69, 9.17) is 9.47 Å². The lowest BCUT2D eigenvalue weighted by Crippen LogP contribution is -2.49. The molecular weight excluding hydrogens is 328 g/mol. The molecule has 0 N–H and O–H groups in total. The van der Waals surface area contributed by atoms with E-state index >= 15 is 0 Å². The molecule has 5 nitrogen and oxygen atoms in total. The largest absolute Gasteiger partial charge is 0.383 e. The van der Waals surface area contributed by atoms with Crippen LogP contribution in [0, 0.1) is 10.8 Å². The van der Waals surface area contributed by atoms with Crippen molar-refractivity contribution in [3.8, 4) is 0 Å². The molecule has 0 aromatic rings. The van der Waals surface area contributed by atoms with Crippen LogP contribution in [-0.4, -0.2) is 75.4 Å². The Hall–Kier alpha value is -0.910. The van der Waals surface area contributed by atoms with E-state index in [9.17, 15) is 4.79 Å². The molecule has 0 radical (unpaired) electrons. The third-order valence-electron chi connectivity index (χ3n) is 6.89. The summed E-state index contributed by atoms with van der Waals surface area (Å²) in [5.41, 5.74) is 0.166. The van der Waals surface area contributed by atoms with Gasteiger partial charge < -0.3 is 14.4 Å². The zero-order valence-corrected chi connectivity index (χ0v) is 16.8. The summed E-state index contributed by atoms with van der Waals surface area (Å²) in [6.07, 6.45) is 10.7. The highest BCUT2D eigenvalue weighted by Crippen LogP contribution is 2.44. The van der Waals surface area contributed by atoms with Gasteiger partial charge in [0.05, 0.1) is 18.6 Å². The van der Waals surface area contributed by atoms with E-state index in [-0.39, 0.29) is 5.41 Å². The van der Waals surface area contributed by atoms with Crippen LogP contribution in [-0.2, 0) is 14.3 Å². The minimum atomic E-state index is -0.183. The van der Waals surface area contributed by atoms with E-state index in [0.29, 0.717) is 17.4 Å². The van der Waals surface area contributed by atoms with Crippen molar-refractivity contribution in [1.29, 1.82) is 0 Å². The van der Waals surface area contributed by atoms with Gasteiger partial charge in [-0.25, -0.2) is 0 Å². The second kappa shape index (κ2) is 8.41. The standard InChI is InChI=1S/C21H36N2O3/c1-20(7-5-4-6-8-20)19(24)22-11-9-21(10-12-22)15-18(16-26-3)23(17-21)13-14-25-2/h4-5,18H,6-17H2,1-3H3. The molecule has 0 aromatic carbocycles. The number of ether oxygens (including phenoxy) is 2. The fourth-order valence-corrected chi connectivity index (χ4v) is 5.17. The van der Waals surface area contributed by atoms with Crippen molar-refractivity contribution in [2.24, 2.45) is 10.8 Å². The molecule has 2 aliphatic heterocycles. The molecule has 2 fully saturated rings. The maximum atomic E-state index is 13.1. The second-order valence-electron chi connectivity index (χ2n) is 8.84. The zero-order chi connectivity index (χ0) is 18.6. The number of methoxy groups -OCH3 is 2. The maximum absolute atomic E-state index is 13.1. The molecule has 3 rings (SSSR count). The van der Waals surface area contributed by atoms with Gasteiger partial charge in [0.15, 0.2) is 0 Å². The molecule has 2 heterocycles. The van der Waals surface area contributed by atoms with Gasteiger partial charge in [0.2, 0.25) is 5.91 Å². The van der Waals surface area contributed by atoms with Gasteiger partial charge in [0, 0.05) is 46.4 Å². The summed E-state index contributed by atoms with van der Waals surface area (Å²) >= 11 is 0. The lowest BCUT2D eigenvalue weighted by molar-refractivity contribution is -0.144. The first-order valence-corrected chi connectivity index (χ1v) is 10.2. The lowest BCUT2D eigenvalue weighted by atomic mass is 9.74. The molecule has 0 aromatic heterocycles. The van der Waals surface area contributed by atoms with Crippen LogP contribution in [0.3, 0.4) is 0 Å². The first-order valence-electron chi connectivity index (χ1n) is 10.2. The van der Waals surface area contributed by atoms with Crippen molar-refractivity contribution in [3.63, 3.8) is 0 Å². The summed E-state index contributed by atoms with van der Waals surface area (Å²) in [4.78, 5) is 17.8. The number of likely N-dealkylation sites (tertiary alicyclic amines) is 2. The molecule has 3 aliphatic rings. The Balaban J connectivity index is 1.58. The number of hydrogen-bond donors (Lipinski definition) is 0. The molecule has 2 unspecified atom stereocenters. The fraction of sp³-hybridized carbons (Fsp3) is 0.857.